The molecule has 0 atom stereocenters. The van der Waals surface area contributed by atoms with E-state index in [-0.39, 0.29) is 0 Å². The predicted octanol–water partition coefficient (Wildman–Crippen LogP) is 5.57. The van der Waals surface area contributed by atoms with Crippen molar-refractivity contribution < 1.29 is 9.47 Å². The third-order valence-electron chi connectivity index (χ3n) is 3.49. The van der Waals surface area contributed by atoms with Gasteiger partial charge in [-0.05, 0) is 6.42 Å². The van der Waals surface area contributed by atoms with Crippen LogP contribution in [0, 0.1) is 0 Å². The van der Waals surface area contributed by atoms with E-state index in [1.165, 1.54) is 70.6 Å². The number of rotatable bonds is 17. The summed E-state index contributed by atoms with van der Waals surface area (Å²) < 4.78 is 10.7. The molecule has 0 fully saturated rings. The molecule has 20 heavy (non-hydrogen) atoms. The zero-order valence-corrected chi connectivity index (χ0v) is 14.3. The molecule has 0 aromatic heterocycles. The lowest BCUT2D eigenvalue weighted by Crippen LogP contribution is -2.06. The van der Waals surface area contributed by atoms with Gasteiger partial charge in [-0.25, -0.2) is 0 Å². The van der Waals surface area contributed by atoms with Crippen LogP contribution in [0.5, 0.6) is 0 Å². The first-order chi connectivity index (χ1) is 9.91. The molecule has 0 heterocycles. The summed E-state index contributed by atoms with van der Waals surface area (Å²) in [5.41, 5.74) is 0. The summed E-state index contributed by atoms with van der Waals surface area (Å²) in [5.74, 6) is 0.568. The van der Waals surface area contributed by atoms with Gasteiger partial charge in [-0.2, -0.15) is 0 Å². The molecular formula is C17H35ClO2. The van der Waals surface area contributed by atoms with Crippen LogP contribution >= 0.6 is 11.6 Å². The Hall–Kier alpha value is 0.210. The Balaban J connectivity index is 2.89. The molecule has 0 radical (unpaired) electrons. The predicted molar refractivity (Wildman–Crippen MR) is 88.8 cm³/mol. The number of unbranched alkanes of at least 4 members (excludes halogenated alkanes) is 10. The summed E-state index contributed by atoms with van der Waals surface area (Å²) in [4.78, 5) is 0. The lowest BCUT2D eigenvalue weighted by molar-refractivity contribution is 0.0519. The van der Waals surface area contributed by atoms with Gasteiger partial charge in [0, 0.05) is 12.5 Å². The third kappa shape index (κ3) is 18.2. The highest BCUT2D eigenvalue weighted by atomic mass is 35.5. The first-order valence-corrected chi connectivity index (χ1v) is 9.16. The molecule has 0 rings (SSSR count). The van der Waals surface area contributed by atoms with Crippen molar-refractivity contribution in [2.45, 2.75) is 77.6 Å². The normalized spacial score (nSPS) is 11.1. The van der Waals surface area contributed by atoms with Crippen molar-refractivity contribution in [3.05, 3.63) is 0 Å². The minimum absolute atomic E-state index is 0.568. The van der Waals surface area contributed by atoms with E-state index in [4.69, 9.17) is 21.1 Å². The van der Waals surface area contributed by atoms with Gasteiger partial charge in [-0.15, -0.1) is 11.6 Å². The zero-order chi connectivity index (χ0) is 14.7. The molecular weight excluding hydrogens is 272 g/mol. The monoisotopic (exact) mass is 306 g/mol. The molecule has 0 saturated heterocycles. The summed E-state index contributed by atoms with van der Waals surface area (Å²) in [6.07, 6.45) is 15.2. The van der Waals surface area contributed by atoms with Gasteiger partial charge in [-0.3, -0.25) is 0 Å². The van der Waals surface area contributed by atoms with Crippen LogP contribution in [0.25, 0.3) is 0 Å². The first-order valence-electron chi connectivity index (χ1n) is 8.63. The Kier molecular flexibility index (Phi) is 19.4. The Morgan fingerprint density at radius 1 is 0.550 bits per heavy atom. The maximum atomic E-state index is 5.50. The van der Waals surface area contributed by atoms with Crippen LogP contribution in [-0.2, 0) is 9.47 Å². The Bertz CT molecular complexity index is 147. The van der Waals surface area contributed by atoms with E-state index in [2.05, 4.69) is 6.92 Å². The fraction of sp³-hybridized carbons (Fsp3) is 1.00. The SMILES string of the molecule is CCCCCCCCCCCCCOCCOCCCl. The van der Waals surface area contributed by atoms with Crippen molar-refractivity contribution in [3.63, 3.8) is 0 Å². The average molecular weight is 307 g/mol. The van der Waals surface area contributed by atoms with Crippen LogP contribution in [0.4, 0.5) is 0 Å². The summed E-state index contributed by atoms with van der Waals surface area (Å²) in [5, 5.41) is 0. The maximum absolute atomic E-state index is 5.50. The fourth-order valence-corrected chi connectivity index (χ4v) is 2.35. The van der Waals surface area contributed by atoms with Crippen LogP contribution < -0.4 is 0 Å². The number of ether oxygens (including phenoxy) is 2. The van der Waals surface area contributed by atoms with Crippen molar-refractivity contribution in [2.75, 3.05) is 32.3 Å². The summed E-state index contributed by atoms with van der Waals surface area (Å²) >= 11 is 5.50. The highest BCUT2D eigenvalue weighted by Crippen LogP contribution is 2.11. The summed E-state index contributed by atoms with van der Waals surface area (Å²) in [7, 11) is 0. The van der Waals surface area contributed by atoms with Gasteiger partial charge in [0.05, 0.1) is 19.8 Å². The van der Waals surface area contributed by atoms with Crippen LogP contribution in [-0.4, -0.2) is 32.3 Å². The summed E-state index contributed by atoms with van der Waals surface area (Å²) in [6, 6.07) is 0. The number of hydrogen-bond acceptors (Lipinski definition) is 2. The smallest absolute Gasteiger partial charge is 0.0701 e. The summed E-state index contributed by atoms with van der Waals surface area (Å²) in [6.45, 7) is 5.15. The number of alkyl halides is 1. The van der Waals surface area contributed by atoms with Crippen molar-refractivity contribution >= 4 is 11.6 Å². The zero-order valence-electron chi connectivity index (χ0n) is 13.5. The second-order valence-electron chi connectivity index (χ2n) is 5.45. The topological polar surface area (TPSA) is 18.5 Å². The van der Waals surface area contributed by atoms with E-state index in [1.54, 1.807) is 0 Å². The lowest BCUT2D eigenvalue weighted by Gasteiger charge is -2.05. The molecule has 0 aromatic rings. The second-order valence-corrected chi connectivity index (χ2v) is 5.83. The molecule has 0 saturated carbocycles. The standard InChI is InChI=1S/C17H35ClO2/c1-2-3-4-5-6-7-8-9-10-11-12-14-19-16-17-20-15-13-18/h2-17H2,1H3. The number of halogens is 1. The fourth-order valence-electron chi connectivity index (χ4n) is 2.24. The third-order valence-corrected chi connectivity index (χ3v) is 3.64. The highest BCUT2D eigenvalue weighted by molar-refractivity contribution is 6.17. The quantitative estimate of drug-likeness (QED) is 0.258. The highest BCUT2D eigenvalue weighted by Gasteiger charge is 1.94. The van der Waals surface area contributed by atoms with Gasteiger partial charge in [-0.1, -0.05) is 71.1 Å². The largest absolute Gasteiger partial charge is 0.379 e. The van der Waals surface area contributed by atoms with Gasteiger partial charge in [0.2, 0.25) is 0 Å². The van der Waals surface area contributed by atoms with E-state index in [0.717, 1.165) is 6.61 Å². The Morgan fingerprint density at radius 3 is 1.50 bits per heavy atom. The Labute approximate surface area is 131 Å². The van der Waals surface area contributed by atoms with Gasteiger partial charge in [0.25, 0.3) is 0 Å². The minimum atomic E-state index is 0.568. The molecule has 0 aliphatic heterocycles. The van der Waals surface area contributed by atoms with Crippen molar-refractivity contribution in [2.24, 2.45) is 0 Å². The van der Waals surface area contributed by atoms with Gasteiger partial charge in [0.1, 0.15) is 0 Å². The molecule has 0 spiro atoms. The van der Waals surface area contributed by atoms with Crippen LogP contribution in [0.1, 0.15) is 77.6 Å². The molecule has 0 unspecified atom stereocenters. The van der Waals surface area contributed by atoms with Gasteiger partial charge >= 0.3 is 0 Å². The minimum Gasteiger partial charge on any atom is -0.379 e. The van der Waals surface area contributed by atoms with E-state index in [0.29, 0.717) is 25.7 Å². The van der Waals surface area contributed by atoms with E-state index in [9.17, 15) is 0 Å². The molecule has 122 valence electrons. The van der Waals surface area contributed by atoms with Crippen LogP contribution in [0.3, 0.4) is 0 Å². The van der Waals surface area contributed by atoms with E-state index in [1.807, 2.05) is 0 Å². The van der Waals surface area contributed by atoms with Crippen molar-refractivity contribution in [1.82, 2.24) is 0 Å². The van der Waals surface area contributed by atoms with Crippen LogP contribution in [0.15, 0.2) is 0 Å². The molecule has 0 bridgehead atoms. The van der Waals surface area contributed by atoms with Crippen molar-refractivity contribution in [1.29, 1.82) is 0 Å². The van der Waals surface area contributed by atoms with E-state index < -0.39 is 0 Å². The number of hydrogen-bond donors (Lipinski definition) is 0. The van der Waals surface area contributed by atoms with Crippen molar-refractivity contribution in [3.8, 4) is 0 Å². The molecule has 0 aliphatic carbocycles. The average Bonchev–Trinajstić information content (AvgIpc) is 2.47. The van der Waals surface area contributed by atoms with E-state index >= 15 is 0 Å². The Morgan fingerprint density at radius 2 is 1.00 bits per heavy atom. The van der Waals surface area contributed by atoms with Gasteiger partial charge < -0.3 is 9.47 Å². The second kappa shape index (κ2) is 19.2. The molecule has 3 heteroatoms. The molecule has 0 amide bonds. The molecule has 2 nitrogen and oxygen atoms in total. The first kappa shape index (κ1) is 20.2. The molecule has 0 aliphatic rings. The van der Waals surface area contributed by atoms with Gasteiger partial charge in [0.15, 0.2) is 0 Å². The molecule has 0 aromatic carbocycles. The lowest BCUT2D eigenvalue weighted by atomic mass is 10.1. The van der Waals surface area contributed by atoms with Crippen LogP contribution in [0.2, 0.25) is 0 Å². The molecule has 0 N–H and O–H groups in total. The maximum Gasteiger partial charge on any atom is 0.0701 e.